The lowest BCUT2D eigenvalue weighted by Gasteiger charge is -2.24. The highest BCUT2D eigenvalue weighted by Crippen LogP contribution is 2.36. The fourth-order valence-corrected chi connectivity index (χ4v) is 3.47. The van der Waals surface area contributed by atoms with Crippen LogP contribution < -0.4 is 10.6 Å². The first-order valence-electron chi connectivity index (χ1n) is 6.83. The number of hydrogen-bond acceptors (Lipinski definition) is 3. The summed E-state index contributed by atoms with van der Waals surface area (Å²) >= 11 is 2.06. The maximum atomic E-state index is 5.30. The highest BCUT2D eigenvalue weighted by molar-refractivity contribution is 8.00. The van der Waals surface area contributed by atoms with E-state index in [1.807, 2.05) is 19.2 Å². The summed E-state index contributed by atoms with van der Waals surface area (Å²) < 4.78 is 5.66. The summed E-state index contributed by atoms with van der Waals surface area (Å²) in [6, 6.07) is 3.91. The fourth-order valence-electron chi connectivity index (χ4n) is 2.23. The summed E-state index contributed by atoms with van der Waals surface area (Å²) in [6.07, 6.45) is 5.20. The van der Waals surface area contributed by atoms with Crippen molar-refractivity contribution in [2.45, 2.75) is 30.9 Å². The van der Waals surface area contributed by atoms with E-state index in [9.17, 15) is 0 Å². The summed E-state index contributed by atoms with van der Waals surface area (Å²) in [7, 11) is 1.81. The molecule has 1 fully saturated rings. The van der Waals surface area contributed by atoms with Crippen LogP contribution in [-0.4, -0.2) is 36.6 Å². The minimum atomic E-state index is 0.360. The Morgan fingerprint density at radius 1 is 1.53 bits per heavy atom. The van der Waals surface area contributed by atoms with Gasteiger partial charge in [-0.15, -0.1) is 0 Å². The standard InChI is InChI=1S/C14H23N3OS/c1-14(7-4-10-19-14)11-17-13(15-2)16-8-6-12-5-3-9-18-12/h3,5,9H,4,6-8,10-11H2,1-2H3,(H2,15,16,17). The lowest BCUT2D eigenvalue weighted by Crippen LogP contribution is -2.44. The molecule has 0 aliphatic carbocycles. The first-order valence-corrected chi connectivity index (χ1v) is 7.81. The van der Waals surface area contributed by atoms with Crippen molar-refractivity contribution in [3.8, 4) is 0 Å². The molecule has 0 amide bonds. The van der Waals surface area contributed by atoms with Gasteiger partial charge >= 0.3 is 0 Å². The quantitative estimate of drug-likeness (QED) is 0.642. The molecule has 0 spiro atoms. The monoisotopic (exact) mass is 281 g/mol. The second kappa shape index (κ2) is 6.89. The van der Waals surface area contributed by atoms with Crippen molar-refractivity contribution >= 4 is 17.7 Å². The summed E-state index contributed by atoms with van der Waals surface area (Å²) in [5.41, 5.74) is 0. The van der Waals surface area contributed by atoms with Crippen LogP contribution in [0.5, 0.6) is 0 Å². The van der Waals surface area contributed by atoms with Gasteiger partial charge in [0, 0.05) is 31.3 Å². The van der Waals surface area contributed by atoms with Crippen molar-refractivity contribution in [1.29, 1.82) is 0 Å². The van der Waals surface area contributed by atoms with Crippen molar-refractivity contribution in [3.05, 3.63) is 24.2 Å². The zero-order chi connectivity index (χ0) is 13.6. The van der Waals surface area contributed by atoms with E-state index < -0.39 is 0 Å². The highest BCUT2D eigenvalue weighted by atomic mass is 32.2. The second-order valence-electron chi connectivity index (χ2n) is 5.08. The minimum absolute atomic E-state index is 0.360. The molecular weight excluding hydrogens is 258 g/mol. The van der Waals surface area contributed by atoms with Crippen LogP contribution in [0.2, 0.25) is 0 Å². The molecule has 2 rings (SSSR count). The topological polar surface area (TPSA) is 49.6 Å². The van der Waals surface area contributed by atoms with Gasteiger partial charge < -0.3 is 15.1 Å². The van der Waals surface area contributed by atoms with Gasteiger partial charge in [-0.3, -0.25) is 4.99 Å². The largest absolute Gasteiger partial charge is 0.469 e. The maximum absolute atomic E-state index is 5.30. The number of aliphatic imine (C=N–C) groups is 1. The lowest BCUT2D eigenvalue weighted by molar-refractivity contribution is 0.506. The second-order valence-corrected chi connectivity index (χ2v) is 6.77. The van der Waals surface area contributed by atoms with E-state index in [1.54, 1.807) is 6.26 Å². The van der Waals surface area contributed by atoms with E-state index in [4.69, 9.17) is 4.42 Å². The third-order valence-corrected chi connectivity index (χ3v) is 4.94. The summed E-state index contributed by atoms with van der Waals surface area (Å²) in [5.74, 6) is 3.16. The molecule has 0 saturated carbocycles. The van der Waals surface area contributed by atoms with Gasteiger partial charge in [0.05, 0.1) is 6.26 Å². The maximum Gasteiger partial charge on any atom is 0.191 e. The Hall–Kier alpha value is -1.10. The van der Waals surface area contributed by atoms with E-state index in [0.717, 1.165) is 31.2 Å². The number of hydrogen-bond donors (Lipinski definition) is 2. The van der Waals surface area contributed by atoms with Gasteiger partial charge in [-0.2, -0.15) is 11.8 Å². The Morgan fingerprint density at radius 3 is 3.05 bits per heavy atom. The van der Waals surface area contributed by atoms with Crippen LogP contribution in [0, 0.1) is 0 Å². The number of furan rings is 1. The Balaban J connectivity index is 1.68. The van der Waals surface area contributed by atoms with Gasteiger partial charge in [0.1, 0.15) is 5.76 Å². The third-order valence-electron chi connectivity index (χ3n) is 3.40. The van der Waals surface area contributed by atoms with Crippen LogP contribution in [0.15, 0.2) is 27.8 Å². The van der Waals surface area contributed by atoms with E-state index in [1.165, 1.54) is 18.6 Å². The molecule has 0 bridgehead atoms. The Labute approximate surface area is 119 Å². The predicted molar refractivity (Wildman–Crippen MR) is 81.9 cm³/mol. The zero-order valence-corrected chi connectivity index (χ0v) is 12.6. The molecular formula is C14H23N3OS. The Bertz CT molecular complexity index is 397. The lowest BCUT2D eigenvalue weighted by atomic mass is 10.1. The van der Waals surface area contributed by atoms with Crippen LogP contribution in [0.3, 0.4) is 0 Å². The van der Waals surface area contributed by atoms with E-state index >= 15 is 0 Å². The van der Waals surface area contributed by atoms with Gasteiger partial charge in [-0.1, -0.05) is 0 Å². The Kier molecular flexibility index (Phi) is 5.19. The first-order chi connectivity index (χ1) is 9.22. The molecule has 106 valence electrons. The molecule has 4 nitrogen and oxygen atoms in total. The molecule has 1 aliphatic heterocycles. The van der Waals surface area contributed by atoms with Crippen LogP contribution in [-0.2, 0) is 6.42 Å². The average molecular weight is 281 g/mol. The molecule has 1 aliphatic rings. The molecule has 1 aromatic heterocycles. The SMILES string of the molecule is CN=C(NCCc1ccco1)NCC1(C)CCCS1. The number of nitrogens with one attached hydrogen (secondary N) is 2. The zero-order valence-electron chi connectivity index (χ0n) is 11.7. The van der Waals surface area contributed by atoms with Gasteiger partial charge in [0.15, 0.2) is 5.96 Å². The number of nitrogens with zero attached hydrogens (tertiary/aromatic N) is 1. The molecule has 1 aromatic rings. The molecule has 0 aromatic carbocycles. The van der Waals surface area contributed by atoms with Crippen LogP contribution >= 0.6 is 11.8 Å². The van der Waals surface area contributed by atoms with Crippen molar-refractivity contribution < 1.29 is 4.42 Å². The highest BCUT2D eigenvalue weighted by Gasteiger charge is 2.29. The summed E-state index contributed by atoms with van der Waals surface area (Å²) in [6.45, 7) is 4.13. The van der Waals surface area contributed by atoms with Gasteiger partial charge in [0.2, 0.25) is 0 Å². The van der Waals surface area contributed by atoms with Crippen molar-refractivity contribution in [1.82, 2.24) is 10.6 Å². The van der Waals surface area contributed by atoms with Gasteiger partial charge in [0.25, 0.3) is 0 Å². The van der Waals surface area contributed by atoms with Crippen molar-refractivity contribution in [2.75, 3.05) is 25.9 Å². The molecule has 1 atom stereocenters. The summed E-state index contributed by atoms with van der Waals surface area (Å²) in [5, 5.41) is 6.74. The molecule has 0 radical (unpaired) electrons. The normalized spacial score (nSPS) is 23.6. The van der Waals surface area contributed by atoms with E-state index in [-0.39, 0.29) is 0 Å². The molecule has 1 unspecified atom stereocenters. The molecule has 5 heteroatoms. The van der Waals surface area contributed by atoms with Crippen molar-refractivity contribution in [3.63, 3.8) is 0 Å². The van der Waals surface area contributed by atoms with E-state index in [2.05, 4.69) is 34.3 Å². The molecule has 1 saturated heterocycles. The van der Waals surface area contributed by atoms with Crippen LogP contribution in [0.1, 0.15) is 25.5 Å². The number of rotatable bonds is 5. The smallest absolute Gasteiger partial charge is 0.191 e. The van der Waals surface area contributed by atoms with Crippen LogP contribution in [0.4, 0.5) is 0 Å². The van der Waals surface area contributed by atoms with E-state index in [0.29, 0.717) is 4.75 Å². The fraction of sp³-hybridized carbons (Fsp3) is 0.643. The Morgan fingerprint density at radius 2 is 2.42 bits per heavy atom. The predicted octanol–water partition coefficient (Wildman–Crippen LogP) is 2.27. The molecule has 2 heterocycles. The average Bonchev–Trinajstić information content (AvgIpc) is 3.06. The first kappa shape index (κ1) is 14.3. The van der Waals surface area contributed by atoms with Crippen molar-refractivity contribution in [2.24, 2.45) is 4.99 Å². The third kappa shape index (κ3) is 4.49. The van der Waals surface area contributed by atoms with Crippen LogP contribution in [0.25, 0.3) is 0 Å². The van der Waals surface area contributed by atoms with Gasteiger partial charge in [-0.25, -0.2) is 0 Å². The number of thioether (sulfide) groups is 1. The summed E-state index contributed by atoms with van der Waals surface area (Å²) in [4.78, 5) is 4.25. The molecule has 2 N–H and O–H groups in total. The van der Waals surface area contributed by atoms with Gasteiger partial charge in [-0.05, 0) is 37.7 Å². The number of guanidine groups is 1. The minimum Gasteiger partial charge on any atom is -0.469 e. The molecule has 19 heavy (non-hydrogen) atoms.